The Morgan fingerprint density at radius 1 is 0.786 bits per heavy atom. The second kappa shape index (κ2) is 6.43. The molecule has 0 N–H and O–H groups in total. The van der Waals surface area contributed by atoms with Gasteiger partial charge in [-0.2, -0.15) is 0 Å². The fraction of sp³-hybridized carbons (Fsp3) is 0.0417. The Kier molecular flexibility index (Phi) is 3.76. The van der Waals surface area contributed by atoms with Crippen molar-refractivity contribution < 1.29 is 4.79 Å². The zero-order valence-corrected chi connectivity index (χ0v) is 15.3. The van der Waals surface area contributed by atoms with E-state index in [0.29, 0.717) is 11.3 Å². The number of pyridine rings is 1. The molecule has 134 valence electrons. The number of carbonyl (C=O) groups excluding carboxylic acids is 1. The van der Waals surface area contributed by atoms with Crippen LogP contribution in [0.2, 0.25) is 0 Å². The lowest BCUT2D eigenvalue weighted by Crippen LogP contribution is -2.13. The molecule has 28 heavy (non-hydrogen) atoms. The molecule has 2 heterocycles. The number of nitrogens with zero attached hydrogens (tertiary/aromatic N) is 3. The first-order chi connectivity index (χ1) is 13.8. The van der Waals surface area contributed by atoms with Crippen LogP contribution in [0.4, 0.5) is 0 Å². The highest BCUT2D eigenvalue weighted by atomic mass is 16.1. The first-order valence-corrected chi connectivity index (χ1v) is 9.15. The molecule has 1 aliphatic rings. The molecule has 0 unspecified atom stereocenters. The number of aromatic nitrogens is 3. The fourth-order valence-electron chi connectivity index (χ4n) is 3.81. The van der Waals surface area contributed by atoms with Gasteiger partial charge in [-0.1, -0.05) is 60.7 Å². The lowest BCUT2D eigenvalue weighted by Gasteiger charge is -2.15. The average molecular weight is 363 g/mol. The van der Waals surface area contributed by atoms with Crippen LogP contribution in [0.1, 0.15) is 27.3 Å². The number of aryl methyl sites for hydroxylation is 1. The van der Waals surface area contributed by atoms with Gasteiger partial charge in [0.15, 0.2) is 0 Å². The number of hydrogen-bond acceptors (Lipinski definition) is 3. The van der Waals surface area contributed by atoms with E-state index in [9.17, 15) is 4.79 Å². The van der Waals surface area contributed by atoms with Crippen molar-refractivity contribution in [2.45, 2.75) is 6.92 Å². The number of Topliss-reactive ketones (excluding diaryl/α,β-unsaturated/α-hetero) is 1. The van der Waals surface area contributed by atoms with E-state index < -0.39 is 0 Å². The minimum atomic E-state index is -0.0387. The fourth-order valence-corrected chi connectivity index (χ4v) is 3.81. The summed E-state index contributed by atoms with van der Waals surface area (Å²) in [4.78, 5) is 22.6. The number of imidazole rings is 1. The Bertz CT molecular complexity index is 1190. The van der Waals surface area contributed by atoms with Crippen LogP contribution in [0.3, 0.4) is 0 Å². The molecule has 4 nitrogen and oxygen atoms in total. The summed E-state index contributed by atoms with van der Waals surface area (Å²) in [5, 5.41) is 0. The topological polar surface area (TPSA) is 47.8 Å². The number of allylic oxidation sites excluding steroid dienone is 1. The molecule has 0 aliphatic heterocycles. The molecule has 2 aromatic heterocycles. The van der Waals surface area contributed by atoms with Crippen LogP contribution in [-0.4, -0.2) is 20.3 Å². The zero-order chi connectivity index (χ0) is 19.1. The van der Waals surface area contributed by atoms with E-state index in [1.807, 2.05) is 72.3 Å². The van der Waals surface area contributed by atoms with E-state index in [0.717, 1.165) is 33.8 Å². The van der Waals surface area contributed by atoms with Crippen molar-refractivity contribution in [2.24, 2.45) is 0 Å². The van der Waals surface area contributed by atoms with Gasteiger partial charge in [-0.25, -0.2) is 4.98 Å². The monoisotopic (exact) mass is 363 g/mol. The van der Waals surface area contributed by atoms with E-state index in [1.165, 1.54) is 0 Å². The van der Waals surface area contributed by atoms with Gasteiger partial charge in [-0.3, -0.25) is 14.3 Å². The summed E-state index contributed by atoms with van der Waals surface area (Å²) in [7, 11) is 0. The number of ketones is 1. The Morgan fingerprint density at radius 3 is 2.25 bits per heavy atom. The van der Waals surface area contributed by atoms with Crippen molar-refractivity contribution in [1.29, 1.82) is 0 Å². The molecule has 4 aromatic rings. The minimum absolute atomic E-state index is 0.0387. The van der Waals surface area contributed by atoms with E-state index in [1.54, 1.807) is 12.4 Å². The maximum Gasteiger partial charge on any atom is 0.210 e. The van der Waals surface area contributed by atoms with Gasteiger partial charge in [0, 0.05) is 40.9 Å². The standard InChI is InChI=1S/C24H17N3O/c1-16-25-14-15-27(16)23(24(28)17-8-3-2-4-9-17)21-18-10-5-6-11-19(18)22-20(21)12-7-13-26-22/h2-15H,1H3/b23-21+. The molecule has 0 bridgehead atoms. The Hall–Kier alpha value is -3.79. The van der Waals surface area contributed by atoms with Gasteiger partial charge in [0.25, 0.3) is 0 Å². The third-order valence-corrected chi connectivity index (χ3v) is 5.08. The molecule has 0 radical (unpaired) electrons. The van der Waals surface area contributed by atoms with Crippen molar-refractivity contribution in [3.63, 3.8) is 0 Å². The van der Waals surface area contributed by atoms with Gasteiger partial charge in [0.05, 0.1) is 5.69 Å². The second-order valence-corrected chi connectivity index (χ2v) is 6.71. The Balaban J connectivity index is 1.89. The third kappa shape index (κ3) is 2.42. The lowest BCUT2D eigenvalue weighted by molar-refractivity contribution is 0.105. The maximum atomic E-state index is 13.7. The van der Waals surface area contributed by atoms with Gasteiger partial charge >= 0.3 is 0 Å². The van der Waals surface area contributed by atoms with Gasteiger partial charge in [0.2, 0.25) is 5.78 Å². The quantitative estimate of drug-likeness (QED) is 0.339. The Labute approximate surface area is 162 Å². The van der Waals surface area contributed by atoms with Gasteiger partial charge in [-0.05, 0) is 18.6 Å². The SMILES string of the molecule is Cc1nccn1/C(C(=O)c1ccccc1)=C1\c2ccccc2-c2ncccc21. The molecule has 4 heteroatoms. The van der Waals surface area contributed by atoms with Crippen LogP contribution in [0, 0.1) is 6.92 Å². The molecule has 0 amide bonds. The normalized spacial score (nSPS) is 13.8. The summed E-state index contributed by atoms with van der Waals surface area (Å²) in [6, 6.07) is 21.4. The lowest BCUT2D eigenvalue weighted by atomic mass is 9.97. The summed E-state index contributed by atoms with van der Waals surface area (Å²) in [5.74, 6) is 0.727. The summed E-state index contributed by atoms with van der Waals surface area (Å²) >= 11 is 0. The number of rotatable bonds is 3. The van der Waals surface area contributed by atoms with Crippen molar-refractivity contribution in [3.05, 3.63) is 108 Å². The largest absolute Gasteiger partial charge is 0.300 e. The van der Waals surface area contributed by atoms with Crippen LogP contribution in [0.5, 0.6) is 0 Å². The van der Waals surface area contributed by atoms with Crippen molar-refractivity contribution in [3.8, 4) is 11.3 Å². The molecule has 2 aromatic carbocycles. The van der Waals surface area contributed by atoms with Gasteiger partial charge < -0.3 is 0 Å². The second-order valence-electron chi connectivity index (χ2n) is 6.71. The van der Waals surface area contributed by atoms with E-state index in [2.05, 4.69) is 22.1 Å². The average Bonchev–Trinajstić information content (AvgIpc) is 3.31. The highest BCUT2D eigenvalue weighted by Crippen LogP contribution is 2.45. The van der Waals surface area contributed by atoms with Crippen LogP contribution < -0.4 is 0 Å². The molecular weight excluding hydrogens is 346 g/mol. The smallest absolute Gasteiger partial charge is 0.210 e. The summed E-state index contributed by atoms with van der Waals surface area (Å²) < 4.78 is 1.88. The first kappa shape index (κ1) is 16.4. The number of carbonyl (C=O) groups is 1. The highest BCUT2D eigenvalue weighted by molar-refractivity contribution is 6.33. The summed E-state index contributed by atoms with van der Waals surface area (Å²) in [5.41, 5.74) is 6.08. The maximum absolute atomic E-state index is 13.7. The molecule has 0 spiro atoms. The number of fused-ring (bicyclic) bond motifs is 3. The third-order valence-electron chi connectivity index (χ3n) is 5.08. The van der Waals surface area contributed by atoms with Gasteiger partial charge in [0.1, 0.15) is 11.5 Å². The molecule has 0 atom stereocenters. The van der Waals surface area contributed by atoms with Crippen LogP contribution >= 0.6 is 0 Å². The summed E-state index contributed by atoms with van der Waals surface area (Å²) in [6.45, 7) is 1.91. The predicted octanol–water partition coefficient (Wildman–Crippen LogP) is 4.87. The minimum Gasteiger partial charge on any atom is -0.300 e. The molecule has 0 saturated heterocycles. The van der Waals surface area contributed by atoms with Crippen LogP contribution in [-0.2, 0) is 0 Å². The molecule has 1 aliphatic carbocycles. The van der Waals surface area contributed by atoms with E-state index in [4.69, 9.17) is 0 Å². The van der Waals surface area contributed by atoms with Crippen molar-refractivity contribution in [2.75, 3.05) is 0 Å². The molecule has 0 fully saturated rings. The first-order valence-electron chi connectivity index (χ1n) is 9.15. The van der Waals surface area contributed by atoms with Crippen LogP contribution in [0.25, 0.3) is 22.5 Å². The number of hydrogen-bond donors (Lipinski definition) is 0. The summed E-state index contributed by atoms with van der Waals surface area (Å²) in [6.07, 6.45) is 5.36. The zero-order valence-electron chi connectivity index (χ0n) is 15.3. The van der Waals surface area contributed by atoms with E-state index >= 15 is 0 Å². The highest BCUT2D eigenvalue weighted by Gasteiger charge is 2.31. The van der Waals surface area contributed by atoms with Crippen molar-refractivity contribution >= 4 is 17.1 Å². The van der Waals surface area contributed by atoms with Crippen LogP contribution in [0.15, 0.2) is 85.3 Å². The van der Waals surface area contributed by atoms with E-state index in [-0.39, 0.29) is 5.78 Å². The number of benzene rings is 2. The Morgan fingerprint density at radius 2 is 1.50 bits per heavy atom. The molecule has 5 rings (SSSR count). The predicted molar refractivity (Wildman–Crippen MR) is 110 cm³/mol. The molecule has 0 saturated carbocycles. The molecular formula is C24H17N3O. The van der Waals surface area contributed by atoms with Gasteiger partial charge in [-0.15, -0.1) is 0 Å². The van der Waals surface area contributed by atoms with Crippen molar-refractivity contribution in [1.82, 2.24) is 14.5 Å².